The van der Waals surface area contributed by atoms with Gasteiger partial charge in [-0.1, -0.05) is 39.5 Å². The molecule has 0 aliphatic rings. The van der Waals surface area contributed by atoms with E-state index in [4.69, 9.17) is 0 Å². The number of rotatable bonds is 9. The largest absolute Gasteiger partial charge is 0.416 e. The van der Waals surface area contributed by atoms with Gasteiger partial charge in [0.15, 0.2) is 0 Å². The summed E-state index contributed by atoms with van der Waals surface area (Å²) in [6.07, 6.45) is 2.26. The molecule has 1 rings (SSSR count). The molecule has 1 N–H and O–H groups in total. The lowest BCUT2D eigenvalue weighted by Gasteiger charge is -2.25. The molecule has 136 valence electrons. The summed E-state index contributed by atoms with van der Waals surface area (Å²) in [7, 11) is 0. The van der Waals surface area contributed by atoms with E-state index < -0.39 is 11.7 Å². The molecule has 0 radical (unpaired) electrons. The van der Waals surface area contributed by atoms with Crippen LogP contribution in [-0.2, 0) is 6.18 Å². The van der Waals surface area contributed by atoms with Gasteiger partial charge in [-0.25, -0.2) is 0 Å². The van der Waals surface area contributed by atoms with Gasteiger partial charge in [0.2, 0.25) is 0 Å². The third kappa shape index (κ3) is 6.54. The van der Waals surface area contributed by atoms with Crippen LogP contribution in [0.1, 0.15) is 75.2 Å². The third-order valence-corrected chi connectivity index (χ3v) is 4.38. The van der Waals surface area contributed by atoms with Crippen LogP contribution in [0.25, 0.3) is 0 Å². The van der Waals surface area contributed by atoms with Crippen LogP contribution in [0, 0.1) is 5.92 Å². The van der Waals surface area contributed by atoms with Crippen LogP contribution in [0.4, 0.5) is 13.2 Å². The maximum absolute atomic E-state index is 12.6. The van der Waals surface area contributed by atoms with Crippen molar-refractivity contribution in [2.75, 3.05) is 0 Å². The molecule has 0 heterocycles. The lowest BCUT2D eigenvalue weighted by molar-refractivity contribution is -0.137. The second-order valence-electron chi connectivity index (χ2n) is 6.38. The Kier molecular flexibility index (Phi) is 8.29. The van der Waals surface area contributed by atoms with Gasteiger partial charge in [-0.3, -0.25) is 4.79 Å². The first-order valence-electron chi connectivity index (χ1n) is 8.77. The summed E-state index contributed by atoms with van der Waals surface area (Å²) in [6.45, 7) is 6.26. The Morgan fingerprint density at radius 2 is 1.67 bits per heavy atom. The summed E-state index contributed by atoms with van der Waals surface area (Å²) in [5.74, 6) is 0.0905. The Balaban J connectivity index is 2.66. The van der Waals surface area contributed by atoms with E-state index >= 15 is 0 Å². The standard InChI is InChI=1S/C19H28F3NO/c1-4-6-7-9-15(8-5-2)14(3)23-18(24)16-10-12-17(13-11-16)19(20,21)22/h10-15H,4-9H2,1-3H3,(H,23,24). The Morgan fingerprint density at radius 1 is 1.04 bits per heavy atom. The maximum atomic E-state index is 12.6. The normalized spacial score (nSPS) is 14.2. The summed E-state index contributed by atoms with van der Waals surface area (Å²) in [5, 5.41) is 2.95. The first kappa shape index (κ1) is 20.5. The molecule has 0 saturated heterocycles. The molecule has 1 amide bonds. The van der Waals surface area contributed by atoms with Gasteiger partial charge >= 0.3 is 6.18 Å². The Labute approximate surface area is 142 Å². The first-order valence-corrected chi connectivity index (χ1v) is 8.77. The number of unbranched alkanes of at least 4 members (excludes halogenated alkanes) is 2. The van der Waals surface area contributed by atoms with Gasteiger partial charge in [0.25, 0.3) is 5.91 Å². The summed E-state index contributed by atoms with van der Waals surface area (Å²) in [6, 6.07) is 4.37. The second-order valence-corrected chi connectivity index (χ2v) is 6.38. The average Bonchev–Trinajstić information content (AvgIpc) is 2.53. The van der Waals surface area contributed by atoms with Crippen LogP contribution >= 0.6 is 0 Å². The van der Waals surface area contributed by atoms with Crippen LogP contribution in [-0.4, -0.2) is 11.9 Å². The second kappa shape index (κ2) is 9.70. The quantitative estimate of drug-likeness (QED) is 0.562. The number of benzene rings is 1. The van der Waals surface area contributed by atoms with Gasteiger partial charge in [0.1, 0.15) is 0 Å². The minimum atomic E-state index is -4.38. The van der Waals surface area contributed by atoms with Gasteiger partial charge in [-0.2, -0.15) is 13.2 Å². The minimum Gasteiger partial charge on any atom is -0.349 e. The Morgan fingerprint density at radius 3 is 2.17 bits per heavy atom. The van der Waals surface area contributed by atoms with E-state index in [2.05, 4.69) is 19.2 Å². The van der Waals surface area contributed by atoms with Crippen LogP contribution in [0.15, 0.2) is 24.3 Å². The summed E-state index contributed by atoms with van der Waals surface area (Å²) in [5.41, 5.74) is -0.478. The monoisotopic (exact) mass is 343 g/mol. The number of hydrogen-bond acceptors (Lipinski definition) is 1. The van der Waals surface area contributed by atoms with Crippen molar-refractivity contribution in [3.05, 3.63) is 35.4 Å². The molecule has 0 spiro atoms. The lowest BCUT2D eigenvalue weighted by Crippen LogP contribution is -2.38. The third-order valence-electron chi connectivity index (χ3n) is 4.38. The zero-order chi connectivity index (χ0) is 18.2. The van der Waals surface area contributed by atoms with Crippen molar-refractivity contribution in [3.8, 4) is 0 Å². The number of amides is 1. The Hall–Kier alpha value is -1.52. The van der Waals surface area contributed by atoms with Crippen molar-refractivity contribution in [2.45, 2.75) is 71.5 Å². The molecule has 2 unspecified atom stereocenters. The van der Waals surface area contributed by atoms with Crippen molar-refractivity contribution >= 4 is 5.91 Å². The molecular weight excluding hydrogens is 315 g/mol. The zero-order valence-corrected chi connectivity index (χ0v) is 14.7. The highest BCUT2D eigenvalue weighted by Crippen LogP contribution is 2.29. The van der Waals surface area contributed by atoms with E-state index in [0.29, 0.717) is 5.92 Å². The lowest BCUT2D eigenvalue weighted by atomic mass is 9.90. The van der Waals surface area contributed by atoms with Gasteiger partial charge in [0.05, 0.1) is 5.56 Å². The van der Waals surface area contributed by atoms with E-state index in [-0.39, 0.29) is 17.5 Å². The number of carbonyl (C=O) groups excluding carboxylic acids is 1. The fraction of sp³-hybridized carbons (Fsp3) is 0.632. The van der Waals surface area contributed by atoms with Crippen LogP contribution in [0.5, 0.6) is 0 Å². The van der Waals surface area contributed by atoms with Crippen LogP contribution in [0.2, 0.25) is 0 Å². The molecule has 0 aromatic heterocycles. The number of halogens is 3. The van der Waals surface area contributed by atoms with Gasteiger partial charge in [-0.15, -0.1) is 0 Å². The fourth-order valence-electron chi connectivity index (χ4n) is 2.89. The van der Waals surface area contributed by atoms with Gasteiger partial charge < -0.3 is 5.32 Å². The predicted molar refractivity (Wildman–Crippen MR) is 90.9 cm³/mol. The molecule has 1 aromatic carbocycles. The topological polar surface area (TPSA) is 29.1 Å². The molecule has 2 nitrogen and oxygen atoms in total. The van der Waals surface area contributed by atoms with Crippen molar-refractivity contribution in [2.24, 2.45) is 5.92 Å². The molecule has 5 heteroatoms. The molecule has 1 aromatic rings. The van der Waals surface area contributed by atoms with Gasteiger partial charge in [-0.05, 0) is 49.9 Å². The first-order chi connectivity index (χ1) is 11.3. The molecule has 24 heavy (non-hydrogen) atoms. The number of hydrogen-bond donors (Lipinski definition) is 1. The summed E-state index contributed by atoms with van der Waals surface area (Å²) < 4.78 is 37.7. The van der Waals surface area contributed by atoms with E-state index in [1.165, 1.54) is 18.6 Å². The summed E-state index contributed by atoms with van der Waals surface area (Å²) >= 11 is 0. The predicted octanol–water partition coefficient (Wildman–Crippen LogP) is 5.82. The molecule has 2 atom stereocenters. The molecular formula is C19H28F3NO. The van der Waals surface area contributed by atoms with Crippen LogP contribution < -0.4 is 5.32 Å². The highest BCUT2D eigenvalue weighted by molar-refractivity contribution is 5.94. The molecule has 0 aliphatic carbocycles. The molecule has 0 aliphatic heterocycles. The Bertz CT molecular complexity index is 496. The zero-order valence-electron chi connectivity index (χ0n) is 14.7. The highest BCUT2D eigenvalue weighted by atomic mass is 19.4. The van der Waals surface area contributed by atoms with Gasteiger partial charge in [0, 0.05) is 11.6 Å². The van der Waals surface area contributed by atoms with Crippen LogP contribution in [0.3, 0.4) is 0 Å². The molecule has 0 fully saturated rings. The summed E-state index contributed by atoms with van der Waals surface area (Å²) in [4.78, 5) is 12.3. The highest BCUT2D eigenvalue weighted by Gasteiger charge is 2.30. The fourth-order valence-corrected chi connectivity index (χ4v) is 2.89. The van der Waals surface area contributed by atoms with E-state index in [9.17, 15) is 18.0 Å². The number of alkyl halides is 3. The minimum absolute atomic E-state index is 0.0107. The van der Waals surface area contributed by atoms with Crippen molar-refractivity contribution in [1.82, 2.24) is 5.32 Å². The van der Waals surface area contributed by atoms with Crippen molar-refractivity contribution < 1.29 is 18.0 Å². The molecule has 0 bridgehead atoms. The number of nitrogens with one attached hydrogen (secondary N) is 1. The number of carbonyl (C=O) groups is 1. The maximum Gasteiger partial charge on any atom is 0.416 e. The van der Waals surface area contributed by atoms with Crippen molar-refractivity contribution in [3.63, 3.8) is 0 Å². The SMILES string of the molecule is CCCCCC(CCC)C(C)NC(=O)c1ccc(C(F)(F)F)cc1. The van der Waals surface area contributed by atoms with E-state index in [1.807, 2.05) is 6.92 Å². The van der Waals surface area contributed by atoms with E-state index in [1.54, 1.807) is 0 Å². The van der Waals surface area contributed by atoms with E-state index in [0.717, 1.165) is 44.2 Å². The average molecular weight is 343 g/mol. The molecule has 0 saturated carbocycles. The smallest absolute Gasteiger partial charge is 0.349 e. The van der Waals surface area contributed by atoms with Crippen molar-refractivity contribution in [1.29, 1.82) is 0 Å².